The topological polar surface area (TPSA) is 25.2 Å². The van der Waals surface area contributed by atoms with Crippen LogP contribution in [0.3, 0.4) is 0 Å². The van der Waals surface area contributed by atoms with Crippen LogP contribution in [-0.4, -0.2) is 0 Å². The van der Waals surface area contributed by atoms with E-state index in [0.717, 1.165) is 49.8 Å². The maximum Gasteiger partial charge on any atom is 0.143 e. The van der Waals surface area contributed by atoms with Crippen molar-refractivity contribution in [3.8, 4) is 22.3 Å². The van der Waals surface area contributed by atoms with Gasteiger partial charge in [-0.2, -0.15) is 0 Å². The summed E-state index contributed by atoms with van der Waals surface area (Å²) in [6, 6.07) is 43.3. The van der Waals surface area contributed by atoms with Crippen LogP contribution in [0.2, 0.25) is 0 Å². The number of fused-ring (bicyclic) bond motifs is 8. The van der Waals surface area contributed by atoms with Gasteiger partial charge in [0.05, 0.1) is 0 Å². The van der Waals surface area contributed by atoms with Crippen molar-refractivity contribution in [2.45, 2.75) is 19.3 Å². The van der Waals surface area contributed by atoms with Crippen molar-refractivity contribution in [3.63, 3.8) is 0 Å². The number of benzene rings is 6. The minimum absolute atomic E-state index is 0.00986. The van der Waals surface area contributed by atoms with Gasteiger partial charge in [0.15, 0.2) is 0 Å². The molecule has 2 nitrogen and oxygen atoms in total. The Morgan fingerprint density at radius 3 is 2.13 bits per heavy atom. The predicted octanol–water partition coefficient (Wildman–Crippen LogP) is 10.5. The van der Waals surface area contributed by atoms with E-state index in [1.54, 1.807) is 0 Å². The molecule has 1 aliphatic carbocycles. The molecule has 186 valence electrons. The highest BCUT2D eigenvalue weighted by Gasteiger charge is 2.36. The van der Waals surface area contributed by atoms with Gasteiger partial charge in [0.1, 0.15) is 11.2 Å². The largest absolute Gasteiger partial charge is 0.455 e. The Morgan fingerprint density at radius 1 is 0.538 bits per heavy atom. The van der Waals surface area contributed by atoms with E-state index in [9.17, 15) is 0 Å². The summed E-state index contributed by atoms with van der Waals surface area (Å²) in [6.07, 6.45) is 0. The van der Waals surface area contributed by atoms with Gasteiger partial charge in [-0.05, 0) is 51.9 Å². The molecule has 0 unspecified atom stereocenters. The maximum absolute atomic E-state index is 6.56. The highest BCUT2D eigenvalue weighted by molar-refractivity contribution is 6.17. The fourth-order valence-corrected chi connectivity index (χ4v) is 6.50. The molecule has 8 rings (SSSR count). The molecule has 0 fully saturated rings. The Labute approximate surface area is 227 Å². The van der Waals surface area contributed by atoms with E-state index in [4.69, 9.17) is 4.42 Å². The van der Waals surface area contributed by atoms with Gasteiger partial charge in [0, 0.05) is 44.1 Å². The third-order valence-corrected chi connectivity index (χ3v) is 8.47. The van der Waals surface area contributed by atoms with Gasteiger partial charge in [-0.25, -0.2) is 0 Å². The number of anilines is 2. The zero-order chi connectivity index (χ0) is 26.1. The standard InChI is InChI=1S/C37H27NO/c1-37(2)31-14-6-5-11-30(31)34-32(37)15-8-16-33(34)38-25-20-17-24(18-21-25)27-12-7-13-28-29-22-19-23-9-3-4-10-26(23)36(29)39-35(27)28/h3-22,38H,1-2H3. The number of para-hydroxylation sites is 1. The Balaban J connectivity index is 1.19. The van der Waals surface area contributed by atoms with Gasteiger partial charge in [0.2, 0.25) is 0 Å². The minimum atomic E-state index is -0.00986. The average Bonchev–Trinajstić information content (AvgIpc) is 3.47. The van der Waals surface area contributed by atoms with Crippen LogP contribution in [0.15, 0.2) is 126 Å². The van der Waals surface area contributed by atoms with E-state index in [-0.39, 0.29) is 5.41 Å². The highest BCUT2D eigenvalue weighted by Crippen LogP contribution is 2.51. The number of nitrogens with one attached hydrogen (secondary N) is 1. The number of hydrogen-bond acceptors (Lipinski definition) is 2. The Hall–Kier alpha value is -4.82. The normalized spacial score (nSPS) is 13.6. The third-order valence-electron chi connectivity index (χ3n) is 8.47. The van der Waals surface area contributed by atoms with Gasteiger partial charge in [-0.1, -0.05) is 111 Å². The molecule has 0 bridgehead atoms. The summed E-state index contributed by atoms with van der Waals surface area (Å²) >= 11 is 0. The van der Waals surface area contributed by atoms with Crippen LogP contribution in [0.1, 0.15) is 25.0 Å². The van der Waals surface area contributed by atoms with Crippen LogP contribution in [-0.2, 0) is 5.41 Å². The molecule has 1 aromatic heterocycles. The summed E-state index contributed by atoms with van der Waals surface area (Å²) in [7, 11) is 0. The first-order valence-electron chi connectivity index (χ1n) is 13.5. The molecule has 7 aromatic rings. The van der Waals surface area contributed by atoms with Gasteiger partial charge >= 0.3 is 0 Å². The molecule has 0 spiro atoms. The molecule has 0 aliphatic heterocycles. The molecule has 1 N–H and O–H groups in total. The molecular formula is C37H27NO. The van der Waals surface area contributed by atoms with Crippen molar-refractivity contribution in [2.75, 3.05) is 5.32 Å². The lowest BCUT2D eigenvalue weighted by molar-refractivity contribution is 0.660. The zero-order valence-corrected chi connectivity index (χ0v) is 22.0. The van der Waals surface area contributed by atoms with Gasteiger partial charge in [-0.3, -0.25) is 0 Å². The van der Waals surface area contributed by atoms with E-state index in [0.29, 0.717) is 0 Å². The summed E-state index contributed by atoms with van der Waals surface area (Å²) < 4.78 is 6.56. The molecule has 39 heavy (non-hydrogen) atoms. The molecule has 6 aromatic carbocycles. The molecule has 1 heterocycles. The van der Waals surface area contributed by atoms with Crippen LogP contribution < -0.4 is 5.32 Å². The number of furan rings is 1. The second-order valence-electron chi connectivity index (χ2n) is 11.0. The predicted molar refractivity (Wildman–Crippen MR) is 164 cm³/mol. The highest BCUT2D eigenvalue weighted by atomic mass is 16.3. The van der Waals surface area contributed by atoms with E-state index in [1.165, 1.54) is 27.6 Å². The van der Waals surface area contributed by atoms with Crippen molar-refractivity contribution in [2.24, 2.45) is 0 Å². The smallest absolute Gasteiger partial charge is 0.143 e. The Bertz CT molecular complexity index is 2060. The lowest BCUT2D eigenvalue weighted by Crippen LogP contribution is -2.14. The summed E-state index contributed by atoms with van der Waals surface area (Å²) in [5, 5.41) is 8.37. The van der Waals surface area contributed by atoms with Gasteiger partial charge < -0.3 is 9.73 Å². The van der Waals surface area contributed by atoms with Crippen molar-refractivity contribution < 1.29 is 4.42 Å². The summed E-state index contributed by atoms with van der Waals surface area (Å²) in [5.41, 5.74) is 11.7. The van der Waals surface area contributed by atoms with E-state index >= 15 is 0 Å². The lowest BCUT2D eigenvalue weighted by Gasteiger charge is -2.21. The monoisotopic (exact) mass is 501 g/mol. The number of hydrogen-bond donors (Lipinski definition) is 1. The molecule has 0 atom stereocenters. The molecule has 0 amide bonds. The quantitative estimate of drug-likeness (QED) is 0.260. The van der Waals surface area contributed by atoms with Crippen LogP contribution in [0.4, 0.5) is 11.4 Å². The summed E-state index contributed by atoms with van der Waals surface area (Å²) in [6.45, 7) is 4.63. The molecule has 1 aliphatic rings. The maximum atomic E-state index is 6.56. The fourth-order valence-electron chi connectivity index (χ4n) is 6.50. The van der Waals surface area contributed by atoms with E-state index in [2.05, 4.69) is 140 Å². The first-order valence-corrected chi connectivity index (χ1v) is 13.5. The van der Waals surface area contributed by atoms with Crippen LogP contribution in [0.25, 0.3) is 55.0 Å². The van der Waals surface area contributed by atoms with Gasteiger partial charge in [-0.15, -0.1) is 0 Å². The molecule has 0 saturated heterocycles. The van der Waals surface area contributed by atoms with Crippen molar-refractivity contribution in [1.29, 1.82) is 0 Å². The van der Waals surface area contributed by atoms with Crippen LogP contribution in [0, 0.1) is 0 Å². The first kappa shape index (κ1) is 22.2. The lowest BCUT2D eigenvalue weighted by atomic mass is 9.82. The SMILES string of the molecule is CC1(C)c2ccccc2-c2c(Nc3ccc(-c4cccc5c4oc4c6ccccc6ccc54)cc3)cccc21. The Morgan fingerprint density at radius 2 is 1.23 bits per heavy atom. The zero-order valence-electron chi connectivity index (χ0n) is 22.0. The molecular weight excluding hydrogens is 474 g/mol. The van der Waals surface area contributed by atoms with Crippen LogP contribution in [0.5, 0.6) is 0 Å². The first-order chi connectivity index (χ1) is 19.1. The van der Waals surface area contributed by atoms with E-state index < -0.39 is 0 Å². The molecule has 0 radical (unpaired) electrons. The molecule has 0 saturated carbocycles. The average molecular weight is 502 g/mol. The van der Waals surface area contributed by atoms with Crippen molar-refractivity contribution in [3.05, 3.63) is 132 Å². The minimum Gasteiger partial charge on any atom is -0.455 e. The number of rotatable bonds is 3. The second kappa shape index (κ2) is 8.09. The molecule has 2 heteroatoms. The summed E-state index contributed by atoms with van der Waals surface area (Å²) in [4.78, 5) is 0. The Kier molecular flexibility index (Phi) is 4.60. The van der Waals surface area contributed by atoms with Crippen molar-refractivity contribution in [1.82, 2.24) is 0 Å². The third kappa shape index (κ3) is 3.21. The summed E-state index contributed by atoms with van der Waals surface area (Å²) in [5.74, 6) is 0. The van der Waals surface area contributed by atoms with Crippen molar-refractivity contribution >= 4 is 44.1 Å². The second-order valence-corrected chi connectivity index (χ2v) is 11.0. The van der Waals surface area contributed by atoms with Gasteiger partial charge in [0.25, 0.3) is 0 Å². The van der Waals surface area contributed by atoms with Crippen LogP contribution >= 0.6 is 0 Å². The fraction of sp³-hybridized carbons (Fsp3) is 0.0811. The van der Waals surface area contributed by atoms with E-state index in [1.807, 2.05) is 0 Å².